The molecule has 0 fully saturated rings. The van der Waals surface area contributed by atoms with Crippen molar-refractivity contribution in [3.05, 3.63) is 61.3 Å². The van der Waals surface area contributed by atoms with Gasteiger partial charge in [0, 0.05) is 13.1 Å². The largest absolute Gasteiger partial charge is 0.370 e. The van der Waals surface area contributed by atoms with Crippen molar-refractivity contribution in [1.82, 2.24) is 4.90 Å². The Morgan fingerprint density at radius 3 is 2.38 bits per heavy atom. The molecule has 0 N–H and O–H groups in total. The predicted molar refractivity (Wildman–Crippen MR) is 57.2 cm³/mol. The molecule has 0 amide bonds. The highest BCUT2D eigenvalue weighted by molar-refractivity contribution is 5.14. The van der Waals surface area contributed by atoms with Crippen molar-refractivity contribution in [3.63, 3.8) is 0 Å². The Labute approximate surface area is 80.0 Å². The fraction of sp³-hybridized carbons (Fsp3) is 0.167. The van der Waals surface area contributed by atoms with Crippen molar-refractivity contribution < 1.29 is 0 Å². The zero-order valence-corrected chi connectivity index (χ0v) is 7.82. The first-order valence-electron chi connectivity index (χ1n) is 4.38. The number of benzene rings is 1. The first-order chi connectivity index (χ1) is 6.36. The van der Waals surface area contributed by atoms with Crippen molar-refractivity contribution in [3.8, 4) is 0 Å². The van der Waals surface area contributed by atoms with E-state index in [9.17, 15) is 0 Å². The molecule has 0 radical (unpaired) electrons. The van der Waals surface area contributed by atoms with Crippen molar-refractivity contribution in [2.45, 2.75) is 6.54 Å². The van der Waals surface area contributed by atoms with Gasteiger partial charge in [0.2, 0.25) is 0 Å². The molecule has 0 atom stereocenters. The molecular formula is C12H15N. The van der Waals surface area contributed by atoms with E-state index in [0.29, 0.717) is 0 Å². The van der Waals surface area contributed by atoms with Crippen molar-refractivity contribution >= 4 is 0 Å². The zero-order valence-electron chi connectivity index (χ0n) is 7.82. The maximum absolute atomic E-state index is 3.75. The van der Waals surface area contributed by atoms with Gasteiger partial charge < -0.3 is 4.90 Å². The van der Waals surface area contributed by atoms with E-state index in [1.165, 1.54) is 5.56 Å². The second-order valence-corrected chi connectivity index (χ2v) is 2.89. The van der Waals surface area contributed by atoms with Gasteiger partial charge in [-0.25, -0.2) is 0 Å². The third-order valence-corrected chi connectivity index (χ3v) is 1.85. The van der Waals surface area contributed by atoms with Crippen LogP contribution in [0.2, 0.25) is 0 Å². The van der Waals surface area contributed by atoms with Gasteiger partial charge in [-0.05, 0) is 11.8 Å². The topological polar surface area (TPSA) is 3.24 Å². The van der Waals surface area contributed by atoms with Gasteiger partial charge in [0.15, 0.2) is 0 Å². The summed E-state index contributed by atoms with van der Waals surface area (Å²) in [5.41, 5.74) is 1.30. The number of rotatable bonds is 5. The van der Waals surface area contributed by atoms with Crippen LogP contribution in [0.3, 0.4) is 0 Å². The molecule has 0 aliphatic carbocycles. The van der Waals surface area contributed by atoms with Gasteiger partial charge in [-0.1, -0.05) is 43.0 Å². The fourth-order valence-corrected chi connectivity index (χ4v) is 1.19. The molecule has 1 aromatic rings. The van der Waals surface area contributed by atoms with Crippen LogP contribution in [0.4, 0.5) is 0 Å². The second kappa shape index (κ2) is 5.20. The first-order valence-corrected chi connectivity index (χ1v) is 4.38. The zero-order chi connectivity index (χ0) is 9.52. The fourth-order valence-electron chi connectivity index (χ4n) is 1.19. The molecule has 0 saturated carbocycles. The van der Waals surface area contributed by atoms with E-state index in [4.69, 9.17) is 0 Å². The van der Waals surface area contributed by atoms with Gasteiger partial charge in [0.25, 0.3) is 0 Å². The van der Waals surface area contributed by atoms with Crippen molar-refractivity contribution in [2.24, 2.45) is 0 Å². The Morgan fingerprint density at radius 2 is 1.85 bits per heavy atom. The summed E-state index contributed by atoms with van der Waals surface area (Å²) in [7, 11) is 0. The average molecular weight is 173 g/mol. The molecule has 0 bridgehead atoms. The van der Waals surface area contributed by atoms with Gasteiger partial charge in [-0.3, -0.25) is 0 Å². The number of hydrogen-bond acceptors (Lipinski definition) is 1. The lowest BCUT2D eigenvalue weighted by molar-refractivity contribution is 0.411. The minimum absolute atomic E-state index is 0.846. The maximum Gasteiger partial charge on any atom is 0.0427 e. The lowest BCUT2D eigenvalue weighted by atomic mass is 10.2. The van der Waals surface area contributed by atoms with E-state index in [1.54, 1.807) is 0 Å². The SMILES string of the molecule is C=CCN(C=C)Cc1ccccc1. The number of nitrogens with zero attached hydrogens (tertiary/aromatic N) is 1. The molecule has 1 rings (SSSR count). The molecule has 1 aromatic carbocycles. The summed E-state index contributed by atoms with van der Waals surface area (Å²) >= 11 is 0. The van der Waals surface area contributed by atoms with Gasteiger partial charge in [-0.2, -0.15) is 0 Å². The van der Waals surface area contributed by atoms with Gasteiger partial charge in [0.05, 0.1) is 0 Å². The van der Waals surface area contributed by atoms with Crippen LogP contribution in [0.1, 0.15) is 5.56 Å². The molecule has 0 spiro atoms. The van der Waals surface area contributed by atoms with Gasteiger partial charge >= 0.3 is 0 Å². The summed E-state index contributed by atoms with van der Waals surface area (Å²) in [4.78, 5) is 2.11. The second-order valence-electron chi connectivity index (χ2n) is 2.89. The Hall–Kier alpha value is -1.50. The predicted octanol–water partition coefficient (Wildman–Crippen LogP) is 2.82. The molecule has 0 aliphatic heterocycles. The molecule has 0 aromatic heterocycles. The van der Waals surface area contributed by atoms with Crippen LogP contribution in [-0.2, 0) is 6.54 Å². The van der Waals surface area contributed by atoms with E-state index in [2.05, 4.69) is 30.2 Å². The summed E-state index contributed by atoms with van der Waals surface area (Å²) < 4.78 is 0. The van der Waals surface area contributed by atoms with E-state index >= 15 is 0 Å². The van der Waals surface area contributed by atoms with E-state index in [1.807, 2.05) is 30.5 Å². The molecule has 1 nitrogen and oxygen atoms in total. The molecule has 0 heterocycles. The summed E-state index contributed by atoms with van der Waals surface area (Å²) in [5.74, 6) is 0. The lowest BCUT2D eigenvalue weighted by Gasteiger charge is -2.17. The number of hydrogen-bond donors (Lipinski definition) is 0. The first kappa shape index (κ1) is 9.59. The molecule has 13 heavy (non-hydrogen) atoms. The third-order valence-electron chi connectivity index (χ3n) is 1.85. The van der Waals surface area contributed by atoms with Crippen LogP contribution in [-0.4, -0.2) is 11.4 Å². The van der Waals surface area contributed by atoms with Crippen LogP contribution in [0.5, 0.6) is 0 Å². The molecule has 1 heteroatoms. The summed E-state index contributed by atoms with van der Waals surface area (Å²) in [6.07, 6.45) is 3.72. The van der Waals surface area contributed by atoms with Crippen molar-refractivity contribution in [1.29, 1.82) is 0 Å². The Kier molecular flexibility index (Phi) is 3.83. The smallest absolute Gasteiger partial charge is 0.0427 e. The van der Waals surface area contributed by atoms with Crippen LogP contribution in [0, 0.1) is 0 Å². The van der Waals surface area contributed by atoms with Crippen LogP contribution < -0.4 is 0 Å². The molecule has 0 unspecified atom stereocenters. The Bertz CT molecular complexity index is 264. The summed E-state index contributed by atoms with van der Waals surface area (Å²) in [5, 5.41) is 0. The van der Waals surface area contributed by atoms with Crippen LogP contribution in [0.15, 0.2) is 55.8 Å². The summed E-state index contributed by atoms with van der Waals surface area (Å²) in [6.45, 7) is 9.20. The van der Waals surface area contributed by atoms with Gasteiger partial charge in [-0.15, -0.1) is 6.58 Å². The van der Waals surface area contributed by atoms with E-state index in [0.717, 1.165) is 13.1 Å². The highest BCUT2D eigenvalue weighted by Crippen LogP contribution is 2.03. The average Bonchev–Trinajstić information content (AvgIpc) is 2.19. The maximum atomic E-state index is 3.75. The minimum atomic E-state index is 0.846. The minimum Gasteiger partial charge on any atom is -0.370 e. The van der Waals surface area contributed by atoms with E-state index < -0.39 is 0 Å². The molecule has 0 aliphatic rings. The monoisotopic (exact) mass is 173 g/mol. The summed E-state index contributed by atoms with van der Waals surface area (Å²) in [6, 6.07) is 10.3. The Balaban J connectivity index is 2.56. The molecular weight excluding hydrogens is 158 g/mol. The van der Waals surface area contributed by atoms with Crippen LogP contribution in [0.25, 0.3) is 0 Å². The van der Waals surface area contributed by atoms with Crippen molar-refractivity contribution in [2.75, 3.05) is 6.54 Å². The quantitative estimate of drug-likeness (QED) is 0.619. The van der Waals surface area contributed by atoms with Crippen LogP contribution >= 0.6 is 0 Å². The molecule has 68 valence electrons. The normalized spacial score (nSPS) is 9.23. The standard InChI is InChI=1S/C12H15N/c1-3-10-13(4-2)11-12-8-6-5-7-9-12/h3-9H,1-2,10-11H2. The van der Waals surface area contributed by atoms with Gasteiger partial charge in [0.1, 0.15) is 0 Å². The molecule has 0 saturated heterocycles. The van der Waals surface area contributed by atoms with E-state index in [-0.39, 0.29) is 0 Å². The third kappa shape index (κ3) is 3.16. The highest BCUT2D eigenvalue weighted by atomic mass is 15.1. The highest BCUT2D eigenvalue weighted by Gasteiger charge is 1.96. The Morgan fingerprint density at radius 1 is 1.15 bits per heavy atom. The lowest BCUT2D eigenvalue weighted by Crippen LogP contribution is -2.15.